The average molecular weight is 162 g/mol. The molecule has 0 saturated heterocycles. The largest absolute Gasteiger partial charge is 0.461 e. The van der Waals surface area contributed by atoms with Crippen molar-refractivity contribution in [3.8, 4) is 0 Å². The molecule has 0 aromatic rings. The molecule has 0 saturated carbocycles. The van der Waals surface area contributed by atoms with Crippen LogP contribution in [-0.2, 0) is 9.53 Å². The Bertz CT molecular complexity index is 122. The molecular weight excluding hydrogens is 148 g/mol. The van der Waals surface area contributed by atoms with Crippen LogP contribution in [0.15, 0.2) is 0 Å². The van der Waals surface area contributed by atoms with Gasteiger partial charge in [-0.2, -0.15) is 0 Å². The molecule has 0 bridgehead atoms. The summed E-state index contributed by atoms with van der Waals surface area (Å²) in [5, 5.41) is 17.1. The molecule has 0 fully saturated rings. The van der Waals surface area contributed by atoms with Gasteiger partial charge in [0.1, 0.15) is 12.2 Å². The minimum atomic E-state index is -1.09. The second-order valence-electron chi connectivity index (χ2n) is 2.44. The van der Waals surface area contributed by atoms with Gasteiger partial charge in [-0.3, -0.25) is 0 Å². The van der Waals surface area contributed by atoms with E-state index in [0.29, 0.717) is 6.42 Å². The summed E-state index contributed by atoms with van der Waals surface area (Å²) in [7, 11) is 0. The van der Waals surface area contributed by atoms with Gasteiger partial charge in [0.15, 0.2) is 0 Å². The van der Waals surface area contributed by atoms with Crippen molar-refractivity contribution >= 4 is 5.97 Å². The number of ether oxygens (including phenoxy) is 1. The van der Waals surface area contributed by atoms with E-state index >= 15 is 0 Å². The van der Waals surface area contributed by atoms with E-state index in [-0.39, 0.29) is 12.7 Å². The molecule has 2 atom stereocenters. The number of esters is 1. The topological polar surface area (TPSA) is 66.8 Å². The third-order valence-electron chi connectivity index (χ3n) is 1.19. The molecule has 0 radical (unpaired) electrons. The molecule has 0 aliphatic heterocycles. The average Bonchev–Trinajstić information content (AvgIpc) is 1.87. The lowest BCUT2D eigenvalue weighted by Gasteiger charge is -2.12. The van der Waals surface area contributed by atoms with Crippen LogP contribution in [0.25, 0.3) is 0 Å². The Labute approximate surface area is 65.8 Å². The summed E-state index contributed by atoms with van der Waals surface area (Å²) in [6.45, 7) is 2.98. The van der Waals surface area contributed by atoms with Crippen LogP contribution in [0.5, 0.6) is 0 Å². The van der Waals surface area contributed by atoms with Gasteiger partial charge in [0, 0.05) is 13.0 Å². The maximum Gasteiger partial charge on any atom is 0.334 e. The number of aliphatic hydroxyl groups excluding tert-OH is 2. The monoisotopic (exact) mass is 162 g/mol. The Morgan fingerprint density at radius 3 is 2.45 bits per heavy atom. The Kier molecular flexibility index (Phi) is 4.81. The van der Waals surface area contributed by atoms with Crippen LogP contribution in [-0.4, -0.2) is 35.0 Å². The predicted molar refractivity (Wildman–Crippen MR) is 38.9 cm³/mol. The molecule has 0 aliphatic rings. The van der Waals surface area contributed by atoms with E-state index in [2.05, 4.69) is 0 Å². The fraction of sp³-hybridized carbons (Fsp3) is 0.857. The van der Waals surface area contributed by atoms with Crippen molar-refractivity contribution in [1.82, 2.24) is 0 Å². The molecule has 0 amide bonds. The zero-order valence-electron chi connectivity index (χ0n) is 6.78. The fourth-order valence-corrected chi connectivity index (χ4v) is 0.537. The Balaban J connectivity index is 3.57. The number of rotatable bonds is 4. The zero-order valence-corrected chi connectivity index (χ0v) is 6.78. The summed E-state index contributed by atoms with van der Waals surface area (Å²) in [6.07, 6.45) is -1.02. The van der Waals surface area contributed by atoms with Crippen LogP contribution in [0.2, 0.25) is 0 Å². The van der Waals surface area contributed by atoms with Gasteiger partial charge in [0.05, 0.1) is 0 Å². The molecule has 66 valence electrons. The molecule has 0 spiro atoms. The van der Waals surface area contributed by atoms with Crippen molar-refractivity contribution in [3.05, 3.63) is 0 Å². The van der Waals surface area contributed by atoms with Gasteiger partial charge < -0.3 is 14.9 Å². The van der Waals surface area contributed by atoms with Gasteiger partial charge in [0.2, 0.25) is 0 Å². The summed E-state index contributed by atoms with van der Waals surface area (Å²) >= 11 is 0. The van der Waals surface area contributed by atoms with Crippen molar-refractivity contribution in [1.29, 1.82) is 0 Å². The third-order valence-corrected chi connectivity index (χ3v) is 1.19. The quantitative estimate of drug-likeness (QED) is 0.556. The minimum Gasteiger partial charge on any atom is -0.461 e. The summed E-state index contributed by atoms with van der Waals surface area (Å²) in [4.78, 5) is 10.7. The summed E-state index contributed by atoms with van der Waals surface area (Å²) in [6, 6.07) is 0. The number of aliphatic hydroxyl groups is 2. The van der Waals surface area contributed by atoms with Crippen LogP contribution in [0, 0.1) is 0 Å². The van der Waals surface area contributed by atoms with E-state index in [4.69, 9.17) is 14.9 Å². The highest BCUT2D eigenvalue weighted by atomic mass is 16.6. The first-order valence-electron chi connectivity index (χ1n) is 3.57. The molecule has 0 aromatic heterocycles. The number of hydrogen-bond acceptors (Lipinski definition) is 4. The predicted octanol–water partition coefficient (Wildman–Crippen LogP) is -0.319. The maximum absolute atomic E-state index is 10.7. The van der Waals surface area contributed by atoms with Crippen LogP contribution >= 0.6 is 0 Å². The lowest BCUT2D eigenvalue weighted by Crippen LogP contribution is -2.24. The van der Waals surface area contributed by atoms with Crippen LogP contribution in [0.1, 0.15) is 20.3 Å². The number of hydrogen-bond donors (Lipinski definition) is 2. The smallest absolute Gasteiger partial charge is 0.334 e. The van der Waals surface area contributed by atoms with Gasteiger partial charge in [-0.1, -0.05) is 0 Å². The molecule has 11 heavy (non-hydrogen) atoms. The van der Waals surface area contributed by atoms with Crippen LogP contribution in [0.4, 0.5) is 0 Å². The molecular formula is C7H14O4. The number of carbonyl (C=O) groups excluding carboxylic acids is 1. The molecule has 0 unspecified atom stereocenters. The van der Waals surface area contributed by atoms with E-state index in [9.17, 15) is 4.79 Å². The first-order valence-corrected chi connectivity index (χ1v) is 3.57. The minimum absolute atomic E-state index is 0.0196. The first kappa shape index (κ1) is 10.4. The van der Waals surface area contributed by atoms with Crippen LogP contribution in [0.3, 0.4) is 0 Å². The standard InChI is InChI=1S/C7H14O4/c1-5(3-4-8)11-7(10)6(2)9/h5-6,8-9H,3-4H2,1-2H3/t5-,6-/m1/s1. The summed E-state index contributed by atoms with van der Waals surface area (Å²) < 4.78 is 4.70. The van der Waals surface area contributed by atoms with E-state index in [1.807, 2.05) is 0 Å². The molecule has 0 aromatic carbocycles. The van der Waals surface area contributed by atoms with Gasteiger partial charge in [-0.05, 0) is 13.8 Å². The zero-order chi connectivity index (χ0) is 8.85. The van der Waals surface area contributed by atoms with E-state index in [0.717, 1.165) is 0 Å². The molecule has 4 nitrogen and oxygen atoms in total. The van der Waals surface area contributed by atoms with Gasteiger partial charge >= 0.3 is 5.97 Å². The Morgan fingerprint density at radius 2 is 2.09 bits per heavy atom. The SMILES string of the molecule is C[C@H](CCO)OC(=O)[C@@H](C)O. The molecule has 4 heteroatoms. The van der Waals surface area contributed by atoms with E-state index < -0.39 is 12.1 Å². The van der Waals surface area contributed by atoms with Crippen molar-refractivity contribution in [3.63, 3.8) is 0 Å². The molecule has 0 aliphatic carbocycles. The van der Waals surface area contributed by atoms with Crippen molar-refractivity contribution in [2.75, 3.05) is 6.61 Å². The second kappa shape index (κ2) is 5.09. The van der Waals surface area contributed by atoms with Gasteiger partial charge in [0.25, 0.3) is 0 Å². The number of carbonyl (C=O) groups is 1. The third kappa shape index (κ3) is 4.75. The van der Waals surface area contributed by atoms with Crippen LogP contribution < -0.4 is 0 Å². The Morgan fingerprint density at radius 1 is 1.55 bits per heavy atom. The molecule has 0 heterocycles. The lowest BCUT2D eigenvalue weighted by molar-refractivity contribution is -0.157. The van der Waals surface area contributed by atoms with E-state index in [1.54, 1.807) is 6.92 Å². The van der Waals surface area contributed by atoms with Crippen molar-refractivity contribution in [2.45, 2.75) is 32.5 Å². The lowest BCUT2D eigenvalue weighted by atomic mass is 10.3. The highest BCUT2D eigenvalue weighted by molar-refractivity contribution is 5.73. The second-order valence-corrected chi connectivity index (χ2v) is 2.44. The molecule has 2 N–H and O–H groups in total. The maximum atomic E-state index is 10.7. The normalized spacial score (nSPS) is 15.6. The summed E-state index contributed by atoms with van der Waals surface area (Å²) in [5.41, 5.74) is 0. The first-order chi connectivity index (χ1) is 5.07. The van der Waals surface area contributed by atoms with Gasteiger partial charge in [-0.25, -0.2) is 4.79 Å². The highest BCUT2D eigenvalue weighted by Gasteiger charge is 2.13. The highest BCUT2D eigenvalue weighted by Crippen LogP contribution is 1.98. The Hall–Kier alpha value is -0.610. The fourth-order valence-electron chi connectivity index (χ4n) is 0.537. The van der Waals surface area contributed by atoms with Gasteiger partial charge in [-0.15, -0.1) is 0 Å². The molecule has 0 rings (SSSR count). The van der Waals surface area contributed by atoms with Crippen molar-refractivity contribution < 1.29 is 19.7 Å². The van der Waals surface area contributed by atoms with E-state index in [1.165, 1.54) is 6.92 Å². The summed E-state index contributed by atoms with van der Waals surface area (Å²) in [5.74, 6) is -0.647. The van der Waals surface area contributed by atoms with Crippen molar-refractivity contribution in [2.24, 2.45) is 0 Å².